The molecule has 0 aromatic carbocycles. The predicted molar refractivity (Wildman–Crippen MR) is 87.1 cm³/mol. The van der Waals surface area contributed by atoms with E-state index in [9.17, 15) is 4.79 Å². The third-order valence-corrected chi connectivity index (χ3v) is 5.34. The molecule has 3 heterocycles. The van der Waals surface area contributed by atoms with Gasteiger partial charge in [0, 0.05) is 45.9 Å². The number of piperazine rings is 1. The van der Waals surface area contributed by atoms with Gasteiger partial charge in [0.05, 0.1) is 11.5 Å². The molecular weight excluding hydrogens is 310 g/mol. The first-order valence-corrected chi connectivity index (χ1v) is 8.67. The SMILES string of the molecule is Cc1noc(C(C)N2CCN(C(=O)C3(CN)CCOCC3)CC2)n1. The van der Waals surface area contributed by atoms with E-state index in [0.29, 0.717) is 44.6 Å². The number of nitrogens with zero attached hydrogens (tertiary/aromatic N) is 4. The summed E-state index contributed by atoms with van der Waals surface area (Å²) in [7, 11) is 0. The highest BCUT2D eigenvalue weighted by atomic mass is 16.5. The summed E-state index contributed by atoms with van der Waals surface area (Å²) in [6.07, 6.45) is 1.44. The second-order valence-corrected chi connectivity index (χ2v) is 6.78. The molecule has 3 rings (SSSR count). The van der Waals surface area contributed by atoms with E-state index in [0.717, 1.165) is 25.9 Å². The molecule has 134 valence electrons. The summed E-state index contributed by atoms with van der Waals surface area (Å²) in [6, 6.07) is 0.0648. The summed E-state index contributed by atoms with van der Waals surface area (Å²) in [5.74, 6) is 1.47. The van der Waals surface area contributed by atoms with Crippen LogP contribution in [-0.2, 0) is 9.53 Å². The Hall–Kier alpha value is -1.51. The smallest absolute Gasteiger partial charge is 0.243 e. The summed E-state index contributed by atoms with van der Waals surface area (Å²) in [6.45, 7) is 8.52. The third-order valence-electron chi connectivity index (χ3n) is 5.34. The largest absolute Gasteiger partial charge is 0.381 e. The van der Waals surface area contributed by atoms with Gasteiger partial charge >= 0.3 is 0 Å². The molecule has 2 aliphatic heterocycles. The van der Waals surface area contributed by atoms with Crippen molar-refractivity contribution in [2.45, 2.75) is 32.7 Å². The van der Waals surface area contributed by atoms with Crippen molar-refractivity contribution in [2.75, 3.05) is 45.9 Å². The van der Waals surface area contributed by atoms with Crippen molar-refractivity contribution in [3.8, 4) is 0 Å². The molecule has 2 saturated heterocycles. The van der Waals surface area contributed by atoms with E-state index in [-0.39, 0.29) is 11.9 Å². The van der Waals surface area contributed by atoms with Crippen LogP contribution in [0.1, 0.15) is 37.5 Å². The lowest BCUT2D eigenvalue weighted by atomic mass is 9.78. The van der Waals surface area contributed by atoms with Gasteiger partial charge < -0.3 is 19.9 Å². The molecular formula is C16H27N5O3. The number of carbonyl (C=O) groups is 1. The van der Waals surface area contributed by atoms with E-state index < -0.39 is 5.41 Å². The summed E-state index contributed by atoms with van der Waals surface area (Å²) >= 11 is 0. The fraction of sp³-hybridized carbons (Fsp3) is 0.812. The van der Waals surface area contributed by atoms with Crippen LogP contribution in [0.15, 0.2) is 4.52 Å². The van der Waals surface area contributed by atoms with Crippen LogP contribution in [0.3, 0.4) is 0 Å². The van der Waals surface area contributed by atoms with E-state index in [4.69, 9.17) is 15.0 Å². The van der Waals surface area contributed by atoms with Crippen molar-refractivity contribution in [3.63, 3.8) is 0 Å². The Balaban J connectivity index is 1.59. The molecule has 2 N–H and O–H groups in total. The molecule has 1 aromatic rings. The summed E-state index contributed by atoms with van der Waals surface area (Å²) in [4.78, 5) is 21.5. The maximum absolute atomic E-state index is 13.0. The van der Waals surface area contributed by atoms with Gasteiger partial charge in [0.1, 0.15) is 0 Å². The fourth-order valence-electron chi connectivity index (χ4n) is 3.55. The number of ether oxygens (including phenoxy) is 1. The number of aryl methyl sites for hydroxylation is 1. The Labute approximate surface area is 142 Å². The predicted octanol–water partition coefficient (Wildman–Crippen LogP) is 0.339. The first-order valence-electron chi connectivity index (χ1n) is 8.67. The lowest BCUT2D eigenvalue weighted by Crippen LogP contribution is -2.56. The van der Waals surface area contributed by atoms with Crippen molar-refractivity contribution in [1.82, 2.24) is 19.9 Å². The van der Waals surface area contributed by atoms with E-state index in [1.54, 1.807) is 0 Å². The van der Waals surface area contributed by atoms with E-state index in [2.05, 4.69) is 22.0 Å². The second kappa shape index (κ2) is 7.16. The summed E-state index contributed by atoms with van der Waals surface area (Å²) in [5, 5.41) is 3.85. The topological polar surface area (TPSA) is 97.7 Å². The minimum absolute atomic E-state index is 0.0648. The molecule has 1 aromatic heterocycles. The highest BCUT2D eigenvalue weighted by Crippen LogP contribution is 2.32. The van der Waals surface area contributed by atoms with Crippen LogP contribution < -0.4 is 5.73 Å². The van der Waals surface area contributed by atoms with E-state index in [1.807, 2.05) is 11.8 Å². The van der Waals surface area contributed by atoms with Crippen molar-refractivity contribution in [1.29, 1.82) is 0 Å². The number of aromatic nitrogens is 2. The Morgan fingerprint density at radius 1 is 1.29 bits per heavy atom. The molecule has 1 unspecified atom stereocenters. The van der Waals surface area contributed by atoms with Gasteiger partial charge in [-0.1, -0.05) is 5.16 Å². The van der Waals surface area contributed by atoms with Gasteiger partial charge in [-0.2, -0.15) is 4.98 Å². The maximum Gasteiger partial charge on any atom is 0.243 e. The first-order chi connectivity index (χ1) is 11.6. The molecule has 2 fully saturated rings. The lowest BCUT2D eigenvalue weighted by molar-refractivity contribution is -0.149. The monoisotopic (exact) mass is 337 g/mol. The first kappa shape index (κ1) is 17.3. The van der Waals surface area contributed by atoms with Crippen molar-refractivity contribution in [2.24, 2.45) is 11.1 Å². The van der Waals surface area contributed by atoms with Gasteiger partial charge in [-0.05, 0) is 26.7 Å². The van der Waals surface area contributed by atoms with Gasteiger partial charge in [0.15, 0.2) is 5.82 Å². The molecule has 24 heavy (non-hydrogen) atoms. The highest BCUT2D eigenvalue weighted by molar-refractivity contribution is 5.83. The molecule has 0 spiro atoms. The fourth-order valence-corrected chi connectivity index (χ4v) is 3.55. The van der Waals surface area contributed by atoms with E-state index in [1.165, 1.54) is 0 Å². The van der Waals surface area contributed by atoms with Crippen molar-refractivity contribution < 1.29 is 14.1 Å². The molecule has 0 radical (unpaired) electrons. The standard InChI is InChI=1S/C16H27N5O3/c1-12(14-18-13(2)19-24-14)20-5-7-21(8-6-20)15(22)16(11-17)3-9-23-10-4-16/h12H,3-11,17H2,1-2H3. The minimum Gasteiger partial charge on any atom is -0.381 e. The van der Waals surface area contributed by atoms with Gasteiger partial charge in [-0.15, -0.1) is 0 Å². The normalized spacial score (nSPS) is 23.2. The number of hydrogen-bond donors (Lipinski definition) is 1. The Morgan fingerprint density at radius 2 is 1.96 bits per heavy atom. The van der Waals surface area contributed by atoms with Gasteiger partial charge in [0.2, 0.25) is 11.8 Å². The van der Waals surface area contributed by atoms with Crippen LogP contribution in [0.4, 0.5) is 0 Å². The number of amides is 1. The average molecular weight is 337 g/mol. The molecule has 2 aliphatic rings. The van der Waals surface area contributed by atoms with Gasteiger partial charge in [-0.3, -0.25) is 9.69 Å². The highest BCUT2D eigenvalue weighted by Gasteiger charge is 2.42. The van der Waals surface area contributed by atoms with E-state index >= 15 is 0 Å². The van der Waals surface area contributed by atoms with Gasteiger partial charge in [0.25, 0.3) is 0 Å². The zero-order chi connectivity index (χ0) is 17.2. The van der Waals surface area contributed by atoms with Gasteiger partial charge in [-0.25, -0.2) is 0 Å². The molecule has 0 bridgehead atoms. The Bertz CT molecular complexity index is 562. The van der Waals surface area contributed by atoms with Crippen LogP contribution in [0, 0.1) is 12.3 Å². The van der Waals surface area contributed by atoms with Crippen molar-refractivity contribution >= 4 is 5.91 Å². The molecule has 0 saturated carbocycles. The quantitative estimate of drug-likeness (QED) is 0.846. The third kappa shape index (κ3) is 3.31. The molecule has 8 heteroatoms. The molecule has 1 atom stereocenters. The van der Waals surface area contributed by atoms with Crippen LogP contribution in [0.5, 0.6) is 0 Å². The van der Waals surface area contributed by atoms with Crippen LogP contribution in [-0.4, -0.2) is 71.8 Å². The lowest BCUT2D eigenvalue weighted by Gasteiger charge is -2.43. The number of rotatable bonds is 4. The summed E-state index contributed by atoms with van der Waals surface area (Å²) in [5.41, 5.74) is 5.52. The molecule has 0 aliphatic carbocycles. The number of hydrogen-bond acceptors (Lipinski definition) is 7. The number of nitrogens with two attached hydrogens (primary N) is 1. The Kier molecular flexibility index (Phi) is 5.17. The zero-order valence-corrected chi connectivity index (χ0v) is 14.5. The Morgan fingerprint density at radius 3 is 2.50 bits per heavy atom. The summed E-state index contributed by atoms with van der Waals surface area (Å²) < 4.78 is 10.7. The van der Waals surface area contributed by atoms with Crippen LogP contribution in [0.25, 0.3) is 0 Å². The maximum atomic E-state index is 13.0. The van der Waals surface area contributed by atoms with Crippen LogP contribution >= 0.6 is 0 Å². The average Bonchev–Trinajstić information content (AvgIpc) is 3.07. The molecule has 1 amide bonds. The minimum atomic E-state index is -0.435. The second-order valence-electron chi connectivity index (χ2n) is 6.78. The zero-order valence-electron chi connectivity index (χ0n) is 14.5. The van der Waals surface area contributed by atoms with Crippen LogP contribution in [0.2, 0.25) is 0 Å². The number of carbonyl (C=O) groups excluding carboxylic acids is 1. The molecule has 8 nitrogen and oxygen atoms in total. The van der Waals surface area contributed by atoms with Crippen molar-refractivity contribution in [3.05, 3.63) is 11.7 Å².